The van der Waals surface area contributed by atoms with Gasteiger partial charge in [0.25, 0.3) is 0 Å². The van der Waals surface area contributed by atoms with Crippen molar-refractivity contribution in [2.45, 2.75) is 62.5 Å². The molecule has 3 aliphatic rings. The Labute approximate surface area is 189 Å². The number of hydrogen-bond acceptors (Lipinski definition) is 5. The minimum atomic E-state index is -0.815. The summed E-state index contributed by atoms with van der Waals surface area (Å²) in [6, 6.07) is 8.56. The third kappa shape index (κ3) is 4.91. The Balaban J connectivity index is 0.00000140. The van der Waals surface area contributed by atoms with Crippen LogP contribution >= 0.6 is 0 Å². The van der Waals surface area contributed by atoms with Gasteiger partial charge in [0.2, 0.25) is 0 Å². The average Bonchev–Trinajstić information content (AvgIpc) is 2.63. The fourth-order valence-electron chi connectivity index (χ4n) is 4.50. The quantitative estimate of drug-likeness (QED) is 0.704. The van der Waals surface area contributed by atoms with Gasteiger partial charge in [0, 0.05) is 32.3 Å². The molecule has 0 amide bonds. The van der Waals surface area contributed by atoms with Crippen molar-refractivity contribution in [1.82, 2.24) is 4.90 Å². The summed E-state index contributed by atoms with van der Waals surface area (Å²) in [5.74, 6) is 0.0984. The van der Waals surface area contributed by atoms with E-state index in [0.717, 1.165) is 43.3 Å². The Morgan fingerprint density at radius 3 is 2.18 bits per heavy atom. The molecule has 2 aliphatic heterocycles. The number of aliphatic carboxylic acids is 1. The Hall–Kier alpha value is -0.630. The molecule has 7 heteroatoms. The van der Waals surface area contributed by atoms with Crippen LogP contribution in [-0.2, 0) is 14.9 Å². The third-order valence-corrected chi connectivity index (χ3v) is 6.53. The van der Waals surface area contributed by atoms with E-state index < -0.39 is 11.4 Å². The Kier molecular flexibility index (Phi) is 8.80. The topological polar surface area (TPSA) is 89.0 Å². The number of likely N-dealkylation sites (tertiary alicyclic amines) is 1. The summed E-state index contributed by atoms with van der Waals surface area (Å²) in [5, 5.41) is 9.78. The van der Waals surface area contributed by atoms with Crippen molar-refractivity contribution in [1.29, 1.82) is 0 Å². The van der Waals surface area contributed by atoms with Crippen molar-refractivity contribution in [3.05, 3.63) is 29.8 Å². The summed E-state index contributed by atoms with van der Waals surface area (Å²) in [4.78, 5) is 14.5. The van der Waals surface area contributed by atoms with E-state index in [2.05, 4.69) is 4.90 Å². The third-order valence-electron chi connectivity index (χ3n) is 6.53. The maximum absolute atomic E-state index is 11.9. The molecule has 1 saturated carbocycles. The number of carboxylic acid groups (broad SMARTS) is 1. The van der Waals surface area contributed by atoms with Crippen LogP contribution in [0.4, 0.5) is 0 Å². The van der Waals surface area contributed by atoms with Crippen LogP contribution in [0.15, 0.2) is 24.3 Å². The zero-order valence-corrected chi connectivity index (χ0v) is 18.8. The molecule has 0 radical (unpaired) electrons. The van der Waals surface area contributed by atoms with Gasteiger partial charge in [-0.1, -0.05) is 18.6 Å². The molecule has 3 fully saturated rings. The summed E-state index contributed by atoms with van der Waals surface area (Å²) in [5.41, 5.74) is 0.0469. The van der Waals surface area contributed by atoms with Gasteiger partial charge >= 0.3 is 35.5 Å². The van der Waals surface area contributed by atoms with Crippen LogP contribution in [0, 0.1) is 0 Å². The Morgan fingerprint density at radius 2 is 1.68 bits per heavy atom. The molecule has 1 aromatic rings. The summed E-state index contributed by atoms with van der Waals surface area (Å²) >= 11 is 0. The molecule has 0 atom stereocenters. The summed E-state index contributed by atoms with van der Waals surface area (Å²) in [6.07, 6.45) is 7.60. The molecular weight excluding hydrogens is 369 g/mol. The van der Waals surface area contributed by atoms with Gasteiger partial charge in [-0.25, -0.2) is 0 Å². The first kappa shape index (κ1) is 23.6. The Bertz CT molecular complexity index is 620. The van der Waals surface area contributed by atoms with E-state index in [9.17, 15) is 9.90 Å². The van der Waals surface area contributed by atoms with Crippen LogP contribution < -0.4 is 34.3 Å². The van der Waals surface area contributed by atoms with Crippen molar-refractivity contribution >= 4 is 5.97 Å². The minimum absolute atomic E-state index is 0. The monoisotopic (exact) mass is 399 g/mol. The van der Waals surface area contributed by atoms with Crippen molar-refractivity contribution in [2.75, 3.05) is 26.3 Å². The van der Waals surface area contributed by atoms with E-state index in [1.807, 2.05) is 24.3 Å². The van der Waals surface area contributed by atoms with Crippen LogP contribution in [0.25, 0.3) is 0 Å². The molecule has 150 valence electrons. The molecule has 4 rings (SSSR count). The van der Waals surface area contributed by atoms with Crippen LogP contribution in [0.1, 0.15) is 50.5 Å². The van der Waals surface area contributed by atoms with E-state index in [1.165, 1.54) is 19.3 Å². The number of benzene rings is 1. The first-order valence-corrected chi connectivity index (χ1v) is 10.00. The molecule has 0 aromatic heterocycles. The van der Waals surface area contributed by atoms with Crippen LogP contribution in [-0.4, -0.2) is 59.9 Å². The van der Waals surface area contributed by atoms with Crippen LogP contribution in [0.5, 0.6) is 5.75 Å². The number of carboxylic acids is 1. The van der Waals surface area contributed by atoms with Crippen LogP contribution in [0.2, 0.25) is 0 Å². The molecule has 1 aliphatic carbocycles. The number of nitrogens with zero attached hydrogens (tertiary/aromatic N) is 1. The molecule has 28 heavy (non-hydrogen) atoms. The molecular formula is C21H30NNaO5. The number of ether oxygens (including phenoxy) is 2. The summed E-state index contributed by atoms with van der Waals surface area (Å²) < 4.78 is 11.5. The van der Waals surface area contributed by atoms with Crippen molar-refractivity contribution in [3.63, 3.8) is 0 Å². The van der Waals surface area contributed by atoms with Crippen molar-refractivity contribution in [3.8, 4) is 5.75 Å². The smallest absolute Gasteiger partial charge is 0.870 e. The number of piperidine rings is 1. The fourth-order valence-corrected chi connectivity index (χ4v) is 4.50. The zero-order chi connectivity index (χ0) is 18.0. The predicted molar refractivity (Wildman–Crippen MR) is 101 cm³/mol. The van der Waals surface area contributed by atoms with Gasteiger partial charge in [0.1, 0.15) is 11.9 Å². The molecule has 2 saturated heterocycles. The molecule has 0 bridgehead atoms. The average molecular weight is 399 g/mol. The van der Waals surface area contributed by atoms with Gasteiger partial charge in [0.15, 0.2) is 0 Å². The van der Waals surface area contributed by atoms with Gasteiger partial charge < -0.3 is 25.0 Å². The zero-order valence-electron chi connectivity index (χ0n) is 16.8. The Morgan fingerprint density at radius 1 is 1.07 bits per heavy atom. The second kappa shape index (κ2) is 10.4. The number of carbonyl (C=O) groups is 1. The number of hydrogen-bond donors (Lipinski definition) is 1. The van der Waals surface area contributed by atoms with Crippen molar-refractivity contribution < 1.29 is 54.4 Å². The standard InChI is InChI=1S/C21H29NO4.Na.H2O/c23-20(24)21(10-14-25-15-11-21)16-4-6-18(7-5-16)26-19-8-12-22(13-9-19)17-2-1-3-17;;/h4-7,17,19H,1-3,8-15H2,(H,23,24);;1H2/q;+1;/p-1. The molecule has 0 unspecified atom stereocenters. The van der Waals surface area contributed by atoms with E-state index in [0.29, 0.717) is 26.1 Å². The molecule has 0 spiro atoms. The normalized spacial score (nSPS) is 23.0. The first-order chi connectivity index (χ1) is 12.7. The fraction of sp³-hybridized carbons (Fsp3) is 0.667. The van der Waals surface area contributed by atoms with Crippen molar-refractivity contribution in [2.24, 2.45) is 0 Å². The molecule has 2 heterocycles. The molecule has 6 nitrogen and oxygen atoms in total. The van der Waals surface area contributed by atoms with E-state index >= 15 is 0 Å². The molecule has 1 aromatic carbocycles. The van der Waals surface area contributed by atoms with Gasteiger partial charge in [-0.05, 0) is 56.2 Å². The molecule has 2 N–H and O–H groups in total. The SMILES string of the molecule is O=C(O)C1(c2ccc(OC3CCN(C4CCC4)CC3)cc2)CCOCC1.[Na+].[OH-]. The van der Waals surface area contributed by atoms with E-state index in [-0.39, 0.29) is 41.1 Å². The van der Waals surface area contributed by atoms with Crippen LogP contribution in [0.3, 0.4) is 0 Å². The minimum Gasteiger partial charge on any atom is -0.870 e. The van der Waals surface area contributed by atoms with E-state index in [1.54, 1.807) is 0 Å². The maximum atomic E-state index is 11.9. The number of rotatable bonds is 5. The maximum Gasteiger partial charge on any atom is 1.00 e. The summed E-state index contributed by atoms with van der Waals surface area (Å²) in [6.45, 7) is 3.28. The largest absolute Gasteiger partial charge is 1.00 e. The van der Waals surface area contributed by atoms with Gasteiger partial charge in [-0.15, -0.1) is 0 Å². The first-order valence-electron chi connectivity index (χ1n) is 10.00. The second-order valence-corrected chi connectivity index (χ2v) is 7.96. The predicted octanol–water partition coefficient (Wildman–Crippen LogP) is 0.0423. The van der Waals surface area contributed by atoms with Gasteiger partial charge in [0.05, 0.1) is 5.41 Å². The van der Waals surface area contributed by atoms with Gasteiger partial charge in [-0.3, -0.25) is 4.79 Å². The van der Waals surface area contributed by atoms with Gasteiger partial charge in [-0.2, -0.15) is 0 Å². The summed E-state index contributed by atoms with van der Waals surface area (Å²) in [7, 11) is 0. The van der Waals surface area contributed by atoms with E-state index in [4.69, 9.17) is 9.47 Å². The second-order valence-electron chi connectivity index (χ2n) is 7.96.